The first kappa shape index (κ1) is 23.1. The third kappa shape index (κ3) is 8.08. The lowest BCUT2D eigenvalue weighted by molar-refractivity contribution is -0.115. The van der Waals surface area contributed by atoms with E-state index in [1.165, 1.54) is 0 Å². The van der Waals surface area contributed by atoms with Gasteiger partial charge in [0.2, 0.25) is 11.8 Å². The van der Waals surface area contributed by atoms with Gasteiger partial charge in [-0.3, -0.25) is 9.89 Å². The summed E-state index contributed by atoms with van der Waals surface area (Å²) in [6.07, 6.45) is 2.97. The fraction of sp³-hybridized carbons (Fsp3) is 0.500. The molecule has 1 atom stereocenters. The summed E-state index contributed by atoms with van der Waals surface area (Å²) in [6.45, 7) is 6.15. The summed E-state index contributed by atoms with van der Waals surface area (Å²) < 4.78 is 10.6. The van der Waals surface area contributed by atoms with Gasteiger partial charge >= 0.3 is 6.09 Å². The van der Waals surface area contributed by atoms with Crippen molar-refractivity contribution in [1.82, 2.24) is 20.5 Å². The lowest BCUT2D eigenvalue weighted by Gasteiger charge is -2.16. The van der Waals surface area contributed by atoms with Crippen LogP contribution in [0.15, 0.2) is 24.4 Å². The third-order valence-electron chi connectivity index (χ3n) is 4.00. The van der Waals surface area contributed by atoms with Crippen LogP contribution < -0.4 is 15.4 Å². The minimum Gasteiger partial charge on any atom is -0.481 e. The van der Waals surface area contributed by atoms with Crippen LogP contribution in [0.4, 0.5) is 10.6 Å². The zero-order valence-corrected chi connectivity index (χ0v) is 17.7. The van der Waals surface area contributed by atoms with Crippen LogP contribution in [-0.4, -0.2) is 51.5 Å². The van der Waals surface area contributed by atoms with Crippen molar-refractivity contribution in [2.45, 2.75) is 51.7 Å². The SMILES string of the molecule is CC(C)(C)NC(=O)O.COc1cc(CC(=O)Nc2cc(C3CCCO3)[nH]n2)ccn1. The molecule has 3 heterocycles. The van der Waals surface area contributed by atoms with Crippen LogP contribution in [0.2, 0.25) is 0 Å². The summed E-state index contributed by atoms with van der Waals surface area (Å²) >= 11 is 0. The predicted molar refractivity (Wildman–Crippen MR) is 111 cm³/mol. The van der Waals surface area contributed by atoms with Gasteiger partial charge in [-0.1, -0.05) is 0 Å². The largest absolute Gasteiger partial charge is 0.481 e. The van der Waals surface area contributed by atoms with Crippen LogP contribution in [0.25, 0.3) is 0 Å². The van der Waals surface area contributed by atoms with Gasteiger partial charge in [-0.15, -0.1) is 0 Å². The number of rotatable bonds is 5. The summed E-state index contributed by atoms with van der Waals surface area (Å²) in [5.41, 5.74) is 1.41. The number of aromatic amines is 1. The topological polar surface area (TPSA) is 138 Å². The fourth-order valence-corrected chi connectivity index (χ4v) is 2.75. The lowest BCUT2D eigenvalue weighted by Crippen LogP contribution is -2.39. The quantitative estimate of drug-likeness (QED) is 0.584. The van der Waals surface area contributed by atoms with Gasteiger partial charge < -0.3 is 25.2 Å². The molecule has 2 aromatic heterocycles. The molecule has 0 radical (unpaired) electrons. The first-order chi connectivity index (χ1) is 14.2. The van der Waals surface area contributed by atoms with Crippen LogP contribution in [-0.2, 0) is 16.0 Å². The van der Waals surface area contributed by atoms with E-state index in [2.05, 4.69) is 25.8 Å². The Bertz CT molecular complexity index is 840. The number of carbonyl (C=O) groups excluding carboxylic acids is 1. The predicted octanol–water partition coefficient (Wildman–Crippen LogP) is 2.90. The molecular formula is C20H29N5O5. The van der Waals surface area contributed by atoms with Crippen molar-refractivity contribution >= 4 is 17.8 Å². The molecular weight excluding hydrogens is 390 g/mol. The molecule has 1 fully saturated rings. The molecule has 1 unspecified atom stereocenters. The number of nitrogens with one attached hydrogen (secondary N) is 3. The van der Waals surface area contributed by atoms with E-state index in [1.54, 1.807) is 46.2 Å². The van der Waals surface area contributed by atoms with Crippen LogP contribution in [0.3, 0.4) is 0 Å². The second kappa shape index (κ2) is 10.6. The molecule has 0 spiro atoms. The minimum absolute atomic E-state index is 0.0580. The van der Waals surface area contributed by atoms with E-state index in [-0.39, 0.29) is 24.0 Å². The summed E-state index contributed by atoms with van der Waals surface area (Å²) in [4.78, 5) is 26.0. The van der Waals surface area contributed by atoms with Gasteiger partial charge in [-0.05, 0) is 45.2 Å². The Hall–Kier alpha value is -3.14. The van der Waals surface area contributed by atoms with Crippen LogP contribution >= 0.6 is 0 Å². The van der Waals surface area contributed by atoms with Crippen molar-refractivity contribution in [2.24, 2.45) is 0 Å². The minimum atomic E-state index is -0.975. The molecule has 0 saturated carbocycles. The molecule has 1 saturated heterocycles. The van der Waals surface area contributed by atoms with Crippen molar-refractivity contribution in [2.75, 3.05) is 19.0 Å². The maximum atomic E-state index is 12.1. The van der Waals surface area contributed by atoms with Crippen molar-refractivity contribution in [3.05, 3.63) is 35.7 Å². The van der Waals surface area contributed by atoms with E-state index < -0.39 is 6.09 Å². The Morgan fingerprint density at radius 1 is 1.37 bits per heavy atom. The number of hydrogen-bond donors (Lipinski definition) is 4. The Kier molecular flexibility index (Phi) is 8.16. The second-order valence-corrected chi connectivity index (χ2v) is 7.82. The highest BCUT2D eigenvalue weighted by Gasteiger charge is 2.20. The molecule has 0 bridgehead atoms. The van der Waals surface area contributed by atoms with Crippen molar-refractivity contribution in [3.8, 4) is 5.88 Å². The number of nitrogens with zero attached hydrogens (tertiary/aromatic N) is 2. The average molecular weight is 419 g/mol. The van der Waals surface area contributed by atoms with E-state index in [0.29, 0.717) is 11.7 Å². The van der Waals surface area contributed by atoms with Crippen LogP contribution in [0.5, 0.6) is 5.88 Å². The van der Waals surface area contributed by atoms with E-state index in [9.17, 15) is 9.59 Å². The standard InChI is InChI=1S/C15H18N4O3.C5H11NO2/c1-21-15-8-10(4-5-16-15)7-14(20)17-13-9-11(18-19-13)12-3-2-6-22-12;1-5(2,3)6-4(7)8/h4-5,8-9,12H,2-3,6-7H2,1H3,(H2,17,18,19,20);6H,1-3H3,(H,7,8). The number of anilines is 1. The first-order valence-corrected chi connectivity index (χ1v) is 9.63. The molecule has 1 aliphatic heterocycles. The molecule has 30 heavy (non-hydrogen) atoms. The maximum Gasteiger partial charge on any atom is 0.405 e. The maximum absolute atomic E-state index is 12.1. The number of methoxy groups -OCH3 is 1. The van der Waals surface area contributed by atoms with E-state index >= 15 is 0 Å². The zero-order chi connectivity index (χ0) is 22.1. The summed E-state index contributed by atoms with van der Waals surface area (Å²) in [5.74, 6) is 0.862. The summed E-state index contributed by atoms with van der Waals surface area (Å²) in [5, 5.41) is 20.2. The Labute approximate surface area is 175 Å². The van der Waals surface area contributed by atoms with Crippen molar-refractivity contribution in [1.29, 1.82) is 0 Å². The van der Waals surface area contributed by atoms with Gasteiger partial charge in [-0.25, -0.2) is 9.78 Å². The van der Waals surface area contributed by atoms with Crippen molar-refractivity contribution in [3.63, 3.8) is 0 Å². The molecule has 10 nitrogen and oxygen atoms in total. The molecule has 4 N–H and O–H groups in total. The number of pyridine rings is 1. The van der Waals surface area contributed by atoms with E-state index in [1.807, 2.05) is 6.07 Å². The Morgan fingerprint density at radius 3 is 2.70 bits per heavy atom. The number of H-pyrrole nitrogens is 1. The Balaban J connectivity index is 0.000000343. The monoisotopic (exact) mass is 419 g/mol. The molecule has 0 aromatic carbocycles. The lowest BCUT2D eigenvalue weighted by atomic mass is 10.1. The molecule has 164 valence electrons. The molecule has 2 aromatic rings. The normalized spacial score (nSPS) is 15.7. The second-order valence-electron chi connectivity index (χ2n) is 7.82. The number of hydrogen-bond acceptors (Lipinski definition) is 6. The zero-order valence-electron chi connectivity index (χ0n) is 17.7. The van der Waals surface area contributed by atoms with Gasteiger partial charge in [0.15, 0.2) is 5.82 Å². The van der Waals surface area contributed by atoms with Crippen LogP contribution in [0, 0.1) is 0 Å². The van der Waals surface area contributed by atoms with Gasteiger partial charge in [0.05, 0.1) is 25.3 Å². The van der Waals surface area contributed by atoms with Gasteiger partial charge in [-0.2, -0.15) is 5.10 Å². The number of carbonyl (C=O) groups is 2. The fourth-order valence-electron chi connectivity index (χ4n) is 2.75. The number of amides is 2. The van der Waals surface area contributed by atoms with Gasteiger partial charge in [0.25, 0.3) is 0 Å². The first-order valence-electron chi connectivity index (χ1n) is 9.63. The number of aromatic nitrogens is 3. The molecule has 1 aliphatic rings. The molecule has 0 aliphatic carbocycles. The summed E-state index contributed by atoms with van der Waals surface area (Å²) in [7, 11) is 1.54. The van der Waals surface area contributed by atoms with E-state index in [4.69, 9.17) is 14.6 Å². The smallest absolute Gasteiger partial charge is 0.405 e. The highest BCUT2D eigenvalue weighted by Crippen LogP contribution is 2.28. The highest BCUT2D eigenvalue weighted by atomic mass is 16.5. The number of ether oxygens (including phenoxy) is 2. The third-order valence-corrected chi connectivity index (χ3v) is 4.00. The van der Waals surface area contributed by atoms with Crippen LogP contribution in [0.1, 0.15) is 51.0 Å². The average Bonchev–Trinajstić information content (AvgIpc) is 3.31. The van der Waals surface area contributed by atoms with Gasteiger partial charge in [0, 0.05) is 30.5 Å². The Morgan fingerprint density at radius 2 is 2.13 bits per heavy atom. The molecule has 3 rings (SSSR count). The molecule has 2 amide bonds. The van der Waals surface area contributed by atoms with Crippen molar-refractivity contribution < 1.29 is 24.2 Å². The molecule has 10 heteroatoms. The summed E-state index contributed by atoms with van der Waals surface area (Å²) in [6, 6.07) is 5.34. The number of carboxylic acid groups (broad SMARTS) is 1. The van der Waals surface area contributed by atoms with E-state index in [0.717, 1.165) is 30.7 Å². The van der Waals surface area contributed by atoms with Gasteiger partial charge in [0.1, 0.15) is 0 Å². The highest BCUT2D eigenvalue weighted by molar-refractivity contribution is 5.91.